The molecule has 4 rings (SSSR count). The predicted molar refractivity (Wildman–Crippen MR) is 125 cm³/mol. The molecule has 2 heterocycles. The van der Waals surface area contributed by atoms with Gasteiger partial charge >= 0.3 is 0 Å². The number of rotatable bonds is 7. The number of hydrogen-bond donors (Lipinski definition) is 2. The van der Waals surface area contributed by atoms with Crippen molar-refractivity contribution in [2.75, 3.05) is 42.9 Å². The van der Waals surface area contributed by atoms with Crippen LogP contribution in [0.25, 0.3) is 0 Å². The predicted octanol–water partition coefficient (Wildman–Crippen LogP) is 3.78. The molecule has 2 aromatic rings. The van der Waals surface area contributed by atoms with Gasteiger partial charge in [-0.2, -0.15) is 0 Å². The molecule has 1 atom stereocenters. The van der Waals surface area contributed by atoms with Crippen LogP contribution < -0.4 is 16.0 Å². The Kier molecular flexibility index (Phi) is 6.49. The Morgan fingerprint density at radius 1 is 1.13 bits per heavy atom. The summed E-state index contributed by atoms with van der Waals surface area (Å²) in [6.07, 6.45) is 2.79. The van der Waals surface area contributed by atoms with E-state index in [0.717, 1.165) is 68.3 Å². The number of carbonyl (C=O) groups is 2. The van der Waals surface area contributed by atoms with Crippen LogP contribution in [0.3, 0.4) is 0 Å². The molecule has 2 aliphatic rings. The van der Waals surface area contributed by atoms with Crippen molar-refractivity contribution in [2.45, 2.75) is 32.1 Å². The molecule has 2 aliphatic heterocycles. The van der Waals surface area contributed by atoms with Crippen LogP contribution in [0, 0.1) is 6.92 Å². The van der Waals surface area contributed by atoms with Gasteiger partial charge < -0.3 is 16.0 Å². The van der Waals surface area contributed by atoms with E-state index in [-0.39, 0.29) is 11.8 Å². The quantitative estimate of drug-likeness (QED) is 0.642. The molecule has 1 saturated heterocycles. The van der Waals surface area contributed by atoms with Gasteiger partial charge in [-0.3, -0.25) is 14.5 Å². The second-order valence-corrected chi connectivity index (χ2v) is 8.90. The third-order valence-electron chi connectivity index (χ3n) is 6.39. The number of piperazine rings is 1. The first-order valence-electron chi connectivity index (χ1n) is 10.9. The molecule has 0 saturated carbocycles. The molecule has 0 aromatic heterocycles. The molecule has 0 aliphatic carbocycles. The summed E-state index contributed by atoms with van der Waals surface area (Å²) in [4.78, 5) is 28.8. The maximum atomic E-state index is 12.4. The average Bonchev–Trinajstić information content (AvgIpc) is 3.07. The fraction of sp³-hybridized carbons (Fsp3) is 0.417. The highest BCUT2D eigenvalue weighted by atomic mass is 35.5. The van der Waals surface area contributed by atoms with Crippen LogP contribution in [0.5, 0.6) is 0 Å². The first kappa shape index (κ1) is 21.7. The number of halogens is 1. The summed E-state index contributed by atoms with van der Waals surface area (Å²) in [5.74, 6) is -0.646. The average molecular weight is 441 g/mol. The molecule has 1 unspecified atom stereocenters. The Bertz CT molecular complexity index is 986. The zero-order valence-corrected chi connectivity index (χ0v) is 18.6. The largest absolute Gasteiger partial charge is 0.369 e. The third-order valence-corrected chi connectivity index (χ3v) is 6.62. The lowest BCUT2D eigenvalue weighted by Crippen LogP contribution is -2.46. The lowest BCUT2D eigenvalue weighted by Gasteiger charge is -2.37. The SMILES string of the molecule is Cc1ccc(Cl)cc1N1CCN(CCCCC2C(=O)Nc3ccc(C(N)=O)cc32)CC1. The van der Waals surface area contributed by atoms with Gasteiger partial charge in [0, 0.05) is 48.1 Å². The van der Waals surface area contributed by atoms with Gasteiger partial charge in [0.15, 0.2) is 0 Å². The molecule has 3 N–H and O–H groups in total. The zero-order valence-electron chi connectivity index (χ0n) is 17.9. The van der Waals surface area contributed by atoms with E-state index < -0.39 is 5.91 Å². The number of unbranched alkanes of at least 4 members (excludes halogenated alkanes) is 1. The first-order valence-corrected chi connectivity index (χ1v) is 11.3. The smallest absolute Gasteiger partial charge is 0.248 e. The Balaban J connectivity index is 1.24. The molecule has 2 aromatic carbocycles. The highest BCUT2D eigenvalue weighted by molar-refractivity contribution is 6.30. The van der Waals surface area contributed by atoms with Gasteiger partial charge in [0.2, 0.25) is 11.8 Å². The first-order chi connectivity index (χ1) is 14.9. The standard InChI is InChI=1S/C24H29ClN4O2/c1-16-5-7-18(25)15-22(16)29-12-10-28(11-13-29)9-3-2-4-19-20-14-17(23(26)30)6-8-21(20)27-24(19)31/h5-8,14-15,19H,2-4,9-13H2,1H3,(H2,26,30)(H,27,31). The van der Waals surface area contributed by atoms with Gasteiger partial charge in [-0.25, -0.2) is 0 Å². The van der Waals surface area contributed by atoms with E-state index in [2.05, 4.69) is 34.2 Å². The minimum atomic E-state index is -0.465. The van der Waals surface area contributed by atoms with E-state index in [0.29, 0.717) is 5.56 Å². The topological polar surface area (TPSA) is 78.7 Å². The molecule has 164 valence electrons. The van der Waals surface area contributed by atoms with Gasteiger partial charge in [-0.05, 0) is 67.8 Å². The summed E-state index contributed by atoms with van der Waals surface area (Å²) in [6, 6.07) is 11.3. The molecule has 0 spiro atoms. The summed E-state index contributed by atoms with van der Waals surface area (Å²) >= 11 is 6.18. The molecule has 31 heavy (non-hydrogen) atoms. The second kappa shape index (κ2) is 9.28. The summed E-state index contributed by atoms with van der Waals surface area (Å²) in [7, 11) is 0. The van der Waals surface area contributed by atoms with E-state index in [1.165, 1.54) is 11.3 Å². The van der Waals surface area contributed by atoms with Gasteiger partial charge in [-0.15, -0.1) is 0 Å². The van der Waals surface area contributed by atoms with Crippen molar-refractivity contribution in [3.63, 3.8) is 0 Å². The Labute approximate surface area is 188 Å². The third kappa shape index (κ3) is 4.86. The van der Waals surface area contributed by atoms with Crippen molar-refractivity contribution < 1.29 is 9.59 Å². The maximum Gasteiger partial charge on any atom is 0.248 e. The number of carbonyl (C=O) groups excluding carboxylic acids is 2. The lowest BCUT2D eigenvalue weighted by atomic mass is 9.93. The number of fused-ring (bicyclic) bond motifs is 1. The molecule has 0 bridgehead atoms. The van der Waals surface area contributed by atoms with Crippen molar-refractivity contribution in [1.82, 2.24) is 4.90 Å². The molecular formula is C24H29ClN4O2. The van der Waals surface area contributed by atoms with Gasteiger partial charge in [0.1, 0.15) is 0 Å². The summed E-state index contributed by atoms with van der Waals surface area (Å²) in [5, 5.41) is 3.70. The lowest BCUT2D eigenvalue weighted by molar-refractivity contribution is -0.117. The van der Waals surface area contributed by atoms with Crippen LogP contribution in [0.1, 0.15) is 46.7 Å². The van der Waals surface area contributed by atoms with Crippen molar-refractivity contribution in [3.05, 3.63) is 58.1 Å². The molecule has 7 heteroatoms. The number of nitrogens with zero attached hydrogens (tertiary/aromatic N) is 2. The van der Waals surface area contributed by atoms with Crippen LogP contribution in [0.4, 0.5) is 11.4 Å². The normalized spacial score (nSPS) is 18.7. The highest BCUT2D eigenvalue weighted by Crippen LogP contribution is 2.36. The molecule has 1 fully saturated rings. The van der Waals surface area contributed by atoms with Crippen LogP contribution in [-0.4, -0.2) is 49.4 Å². The minimum absolute atomic E-state index is 0.0159. The van der Waals surface area contributed by atoms with Gasteiger partial charge in [-0.1, -0.05) is 24.1 Å². The number of benzene rings is 2. The van der Waals surface area contributed by atoms with E-state index in [9.17, 15) is 9.59 Å². The van der Waals surface area contributed by atoms with Crippen LogP contribution in [0.15, 0.2) is 36.4 Å². The monoisotopic (exact) mass is 440 g/mol. The van der Waals surface area contributed by atoms with Crippen molar-refractivity contribution >= 4 is 34.8 Å². The molecular weight excluding hydrogens is 412 g/mol. The van der Waals surface area contributed by atoms with Gasteiger partial charge in [0.05, 0.1) is 5.92 Å². The van der Waals surface area contributed by atoms with Gasteiger partial charge in [0.25, 0.3) is 0 Å². The summed E-state index contributed by atoms with van der Waals surface area (Å²) in [5.41, 5.74) is 10.0. The fourth-order valence-electron chi connectivity index (χ4n) is 4.59. The number of amides is 2. The molecule has 2 amide bonds. The van der Waals surface area contributed by atoms with E-state index in [1.54, 1.807) is 18.2 Å². The minimum Gasteiger partial charge on any atom is -0.369 e. The van der Waals surface area contributed by atoms with E-state index in [4.69, 9.17) is 17.3 Å². The molecule has 0 radical (unpaired) electrons. The van der Waals surface area contributed by atoms with Crippen molar-refractivity contribution in [2.24, 2.45) is 5.73 Å². The fourth-order valence-corrected chi connectivity index (χ4v) is 4.75. The summed E-state index contributed by atoms with van der Waals surface area (Å²) in [6.45, 7) is 7.21. The summed E-state index contributed by atoms with van der Waals surface area (Å²) < 4.78 is 0. The van der Waals surface area contributed by atoms with Crippen molar-refractivity contribution in [1.29, 1.82) is 0 Å². The Hall–Kier alpha value is -2.57. The number of aryl methyl sites for hydroxylation is 1. The number of nitrogens with one attached hydrogen (secondary N) is 1. The van der Waals surface area contributed by atoms with E-state index in [1.807, 2.05) is 6.07 Å². The van der Waals surface area contributed by atoms with Crippen LogP contribution >= 0.6 is 11.6 Å². The van der Waals surface area contributed by atoms with Crippen LogP contribution in [0.2, 0.25) is 5.02 Å². The Morgan fingerprint density at radius 3 is 2.65 bits per heavy atom. The molecule has 6 nitrogen and oxygen atoms in total. The number of hydrogen-bond acceptors (Lipinski definition) is 4. The van der Waals surface area contributed by atoms with E-state index >= 15 is 0 Å². The zero-order chi connectivity index (χ0) is 22.0. The maximum absolute atomic E-state index is 12.4. The number of nitrogens with two attached hydrogens (primary N) is 1. The van der Waals surface area contributed by atoms with Crippen molar-refractivity contribution in [3.8, 4) is 0 Å². The second-order valence-electron chi connectivity index (χ2n) is 8.46. The Morgan fingerprint density at radius 2 is 1.90 bits per heavy atom. The van der Waals surface area contributed by atoms with Crippen LogP contribution in [-0.2, 0) is 4.79 Å². The highest BCUT2D eigenvalue weighted by Gasteiger charge is 2.30. The number of anilines is 2. The number of primary amides is 1.